The molecule has 0 bridgehead atoms. The lowest BCUT2D eigenvalue weighted by atomic mass is 10.1. The Morgan fingerprint density at radius 2 is 1.97 bits per heavy atom. The third-order valence-corrected chi connectivity index (χ3v) is 5.11. The Morgan fingerprint density at radius 3 is 2.68 bits per heavy atom. The molecule has 4 N–H and O–H groups in total. The normalized spacial score (nSPS) is 14.0. The molecule has 1 aliphatic carbocycles. The number of benzene rings is 1. The van der Waals surface area contributed by atoms with Gasteiger partial charge in [-0.15, -0.1) is 0 Å². The number of nitrogens with one attached hydrogen (secondary N) is 1. The van der Waals surface area contributed by atoms with Gasteiger partial charge in [0.25, 0.3) is 5.91 Å². The molecule has 0 fully saturated rings. The monoisotopic (exact) mass is 474 g/mol. The van der Waals surface area contributed by atoms with E-state index in [2.05, 4.69) is 15.3 Å². The number of fused-ring (bicyclic) bond motifs is 1. The summed E-state index contributed by atoms with van der Waals surface area (Å²) in [6, 6.07) is 4.56. The number of phenols is 1. The summed E-state index contributed by atoms with van der Waals surface area (Å²) in [4.78, 5) is 20.8. The molecule has 2 aromatic heterocycles. The number of pyridine rings is 1. The highest BCUT2D eigenvalue weighted by atomic mass is 19.4. The number of oxazole rings is 1. The van der Waals surface area contributed by atoms with E-state index in [4.69, 9.17) is 14.9 Å². The van der Waals surface area contributed by atoms with Gasteiger partial charge in [0.1, 0.15) is 22.7 Å². The molecule has 34 heavy (non-hydrogen) atoms. The van der Waals surface area contributed by atoms with Gasteiger partial charge >= 0.3 is 6.18 Å². The molecule has 0 aliphatic heterocycles. The average Bonchev–Trinajstić information content (AvgIpc) is 3.24. The molecule has 1 aliphatic rings. The van der Waals surface area contributed by atoms with E-state index in [9.17, 15) is 23.1 Å². The number of carbonyl (C=O) groups is 1. The Balaban J connectivity index is 1.72. The highest BCUT2D eigenvalue weighted by Gasteiger charge is 2.33. The van der Waals surface area contributed by atoms with Gasteiger partial charge < -0.3 is 25.3 Å². The molecular formula is C23H21F3N4O4. The molecule has 3 aromatic rings. The lowest BCUT2D eigenvalue weighted by molar-refractivity contribution is -0.140. The number of nitrogens with two attached hydrogens (primary N) is 1. The number of allylic oxidation sites excluding steroid dienone is 2. The standard InChI is InChI=1S/C23H21F3N4O4/c1-2-33-16-6-4-3-5-14(16)28-21(32)20-17(11-27)34-22(30-20)13-7-9-15(31)19-12(13)8-10-18(29-19)23(24,25)26/h5-10,31H,2-4,11,27H2,1H3,(H,28,32). The second-order valence-electron chi connectivity index (χ2n) is 7.37. The van der Waals surface area contributed by atoms with Crippen LogP contribution in [0.5, 0.6) is 5.75 Å². The molecule has 0 radical (unpaired) electrons. The predicted molar refractivity (Wildman–Crippen MR) is 116 cm³/mol. The van der Waals surface area contributed by atoms with E-state index in [-0.39, 0.29) is 40.4 Å². The lowest BCUT2D eigenvalue weighted by Crippen LogP contribution is -2.27. The first-order chi connectivity index (χ1) is 16.2. The van der Waals surface area contributed by atoms with Crippen molar-refractivity contribution in [2.75, 3.05) is 6.61 Å². The first-order valence-corrected chi connectivity index (χ1v) is 10.5. The van der Waals surface area contributed by atoms with Crippen molar-refractivity contribution in [2.24, 2.45) is 5.73 Å². The summed E-state index contributed by atoms with van der Waals surface area (Å²) in [5.41, 5.74) is 5.01. The van der Waals surface area contributed by atoms with Gasteiger partial charge in [0, 0.05) is 10.9 Å². The zero-order valence-electron chi connectivity index (χ0n) is 18.1. The Bertz CT molecular complexity index is 1310. The number of rotatable bonds is 6. The van der Waals surface area contributed by atoms with Crippen LogP contribution in [0.1, 0.15) is 41.7 Å². The first kappa shape index (κ1) is 23.3. The Labute approximate surface area is 191 Å². The fourth-order valence-electron chi connectivity index (χ4n) is 3.57. The summed E-state index contributed by atoms with van der Waals surface area (Å²) in [5.74, 6) is -0.416. The van der Waals surface area contributed by atoms with Crippen LogP contribution in [0.2, 0.25) is 0 Å². The zero-order valence-corrected chi connectivity index (χ0v) is 18.1. The molecule has 0 atom stereocenters. The molecule has 1 aromatic carbocycles. The number of aromatic nitrogens is 2. The summed E-state index contributed by atoms with van der Waals surface area (Å²) >= 11 is 0. The van der Waals surface area contributed by atoms with E-state index in [0.717, 1.165) is 25.0 Å². The minimum absolute atomic E-state index is 0.0460. The van der Waals surface area contributed by atoms with Crippen molar-refractivity contribution in [1.82, 2.24) is 15.3 Å². The minimum atomic E-state index is -4.68. The van der Waals surface area contributed by atoms with Gasteiger partial charge in [0.15, 0.2) is 11.5 Å². The van der Waals surface area contributed by atoms with Crippen molar-refractivity contribution in [3.63, 3.8) is 0 Å². The molecule has 178 valence electrons. The summed E-state index contributed by atoms with van der Waals surface area (Å²) in [5, 5.41) is 13.0. The number of phenolic OH excluding ortho intramolecular Hbond substituents is 1. The molecule has 1 amide bonds. The Hall–Kier alpha value is -3.86. The first-order valence-electron chi connectivity index (χ1n) is 10.5. The maximum absolute atomic E-state index is 13.1. The van der Waals surface area contributed by atoms with Gasteiger partial charge in [-0.2, -0.15) is 13.2 Å². The predicted octanol–water partition coefficient (Wildman–Crippen LogP) is 4.40. The van der Waals surface area contributed by atoms with Crippen molar-refractivity contribution in [1.29, 1.82) is 0 Å². The molecule has 0 spiro atoms. The third-order valence-electron chi connectivity index (χ3n) is 5.11. The molecule has 8 nitrogen and oxygen atoms in total. The van der Waals surface area contributed by atoms with E-state index >= 15 is 0 Å². The summed E-state index contributed by atoms with van der Waals surface area (Å²) in [6.07, 6.45) is 0.548. The topological polar surface area (TPSA) is 124 Å². The van der Waals surface area contributed by atoms with Crippen molar-refractivity contribution < 1.29 is 32.2 Å². The van der Waals surface area contributed by atoms with Gasteiger partial charge in [0.05, 0.1) is 18.8 Å². The van der Waals surface area contributed by atoms with Crippen molar-refractivity contribution in [3.05, 3.63) is 65.0 Å². The minimum Gasteiger partial charge on any atom is -0.506 e. The van der Waals surface area contributed by atoms with Gasteiger partial charge in [-0.3, -0.25) is 4.79 Å². The van der Waals surface area contributed by atoms with Gasteiger partial charge in [-0.1, -0.05) is 6.08 Å². The molecule has 11 heteroatoms. The quantitative estimate of drug-likeness (QED) is 0.484. The summed E-state index contributed by atoms with van der Waals surface area (Å²) < 4.78 is 50.5. The average molecular weight is 474 g/mol. The number of aromatic hydroxyl groups is 1. The number of hydrogen-bond acceptors (Lipinski definition) is 7. The van der Waals surface area contributed by atoms with Crippen LogP contribution >= 0.6 is 0 Å². The van der Waals surface area contributed by atoms with E-state index < -0.39 is 23.5 Å². The number of alkyl halides is 3. The molecular weight excluding hydrogens is 453 g/mol. The second-order valence-corrected chi connectivity index (χ2v) is 7.37. The molecule has 0 saturated carbocycles. The fraction of sp³-hybridized carbons (Fsp3) is 0.261. The third kappa shape index (κ3) is 4.46. The SMILES string of the molecule is CCOC1=CCCC=C1NC(=O)c1nc(-c2ccc(O)c3nc(C(F)(F)F)ccc23)oc1CN. The molecule has 0 saturated heterocycles. The van der Waals surface area contributed by atoms with Crippen molar-refractivity contribution in [3.8, 4) is 17.2 Å². The summed E-state index contributed by atoms with van der Waals surface area (Å²) in [7, 11) is 0. The zero-order chi connectivity index (χ0) is 24.5. The Morgan fingerprint density at radius 1 is 1.21 bits per heavy atom. The molecule has 4 rings (SSSR count). The van der Waals surface area contributed by atoms with Gasteiger partial charge in [-0.05, 0) is 50.1 Å². The highest BCUT2D eigenvalue weighted by molar-refractivity contribution is 5.98. The fourth-order valence-corrected chi connectivity index (χ4v) is 3.57. The summed E-state index contributed by atoms with van der Waals surface area (Å²) in [6.45, 7) is 2.12. The number of amides is 1. The molecule has 2 heterocycles. The maximum atomic E-state index is 13.1. The van der Waals surface area contributed by atoms with Crippen LogP contribution in [0.15, 0.2) is 52.3 Å². The van der Waals surface area contributed by atoms with Crippen molar-refractivity contribution >= 4 is 16.8 Å². The Kier molecular flexibility index (Phi) is 6.29. The van der Waals surface area contributed by atoms with Crippen molar-refractivity contribution in [2.45, 2.75) is 32.5 Å². The van der Waals surface area contributed by atoms with E-state index in [0.29, 0.717) is 18.1 Å². The van der Waals surface area contributed by atoms with Crippen LogP contribution in [0.4, 0.5) is 13.2 Å². The van der Waals surface area contributed by atoms with E-state index in [1.807, 2.05) is 19.1 Å². The number of nitrogens with zero attached hydrogens (tertiary/aromatic N) is 2. The largest absolute Gasteiger partial charge is 0.506 e. The second kappa shape index (κ2) is 9.18. The number of halogens is 3. The number of carbonyl (C=O) groups excluding carboxylic acids is 1. The van der Waals surface area contributed by atoms with Crippen LogP contribution in [0.25, 0.3) is 22.4 Å². The van der Waals surface area contributed by atoms with Gasteiger partial charge in [0.2, 0.25) is 5.89 Å². The lowest BCUT2D eigenvalue weighted by Gasteiger charge is -2.16. The maximum Gasteiger partial charge on any atom is 0.433 e. The van der Waals surface area contributed by atoms with Crippen LogP contribution in [-0.4, -0.2) is 27.6 Å². The number of hydrogen-bond donors (Lipinski definition) is 3. The smallest absolute Gasteiger partial charge is 0.433 e. The van der Waals surface area contributed by atoms with Gasteiger partial charge in [-0.25, -0.2) is 9.97 Å². The van der Waals surface area contributed by atoms with E-state index in [1.165, 1.54) is 12.1 Å². The van der Waals surface area contributed by atoms with Crippen LogP contribution < -0.4 is 11.1 Å². The van der Waals surface area contributed by atoms with Crippen LogP contribution in [0.3, 0.4) is 0 Å². The van der Waals surface area contributed by atoms with Crippen LogP contribution in [-0.2, 0) is 17.5 Å². The number of ether oxygens (including phenoxy) is 1. The van der Waals surface area contributed by atoms with Crippen LogP contribution in [0, 0.1) is 0 Å². The highest BCUT2D eigenvalue weighted by Crippen LogP contribution is 2.36. The molecule has 0 unspecified atom stereocenters. The van der Waals surface area contributed by atoms with E-state index in [1.54, 1.807) is 0 Å².